The highest BCUT2D eigenvalue weighted by atomic mass is 16.2. The van der Waals surface area contributed by atoms with E-state index in [9.17, 15) is 4.79 Å². The van der Waals surface area contributed by atoms with Gasteiger partial charge in [0, 0.05) is 24.5 Å². The molecule has 1 aliphatic rings. The molecule has 0 atom stereocenters. The summed E-state index contributed by atoms with van der Waals surface area (Å²) < 4.78 is 0. The zero-order valence-corrected chi connectivity index (χ0v) is 10.5. The number of amides is 1. The summed E-state index contributed by atoms with van der Waals surface area (Å²) in [6.45, 7) is 6.29. The first-order chi connectivity index (χ1) is 6.81. The lowest BCUT2D eigenvalue weighted by Crippen LogP contribution is -2.53. The summed E-state index contributed by atoms with van der Waals surface area (Å²) >= 11 is 0. The SMILES string of the molecule is CCC(C)(C)N(C)C(=O)CC1(N)CCC1. The lowest BCUT2D eigenvalue weighted by molar-refractivity contribution is -0.136. The highest BCUT2D eigenvalue weighted by Gasteiger charge is 2.37. The van der Waals surface area contributed by atoms with E-state index in [1.54, 1.807) is 0 Å². The predicted octanol–water partition coefficient (Wildman–Crippen LogP) is 1.90. The molecule has 0 aromatic rings. The second-order valence-electron chi connectivity index (χ2n) is 5.51. The van der Waals surface area contributed by atoms with Gasteiger partial charge in [-0.1, -0.05) is 6.92 Å². The number of carbonyl (C=O) groups is 1. The fourth-order valence-electron chi connectivity index (χ4n) is 1.80. The number of hydrogen-bond acceptors (Lipinski definition) is 2. The maximum atomic E-state index is 12.0. The summed E-state index contributed by atoms with van der Waals surface area (Å²) in [5.41, 5.74) is 5.82. The fourth-order valence-corrected chi connectivity index (χ4v) is 1.80. The molecule has 2 N–H and O–H groups in total. The molecule has 0 saturated heterocycles. The van der Waals surface area contributed by atoms with Crippen molar-refractivity contribution in [3.63, 3.8) is 0 Å². The van der Waals surface area contributed by atoms with Crippen molar-refractivity contribution >= 4 is 5.91 Å². The minimum absolute atomic E-state index is 0.0583. The molecule has 0 bridgehead atoms. The van der Waals surface area contributed by atoms with E-state index in [4.69, 9.17) is 5.73 Å². The maximum Gasteiger partial charge on any atom is 0.224 e. The zero-order valence-electron chi connectivity index (χ0n) is 10.5. The van der Waals surface area contributed by atoms with Crippen molar-refractivity contribution in [3.8, 4) is 0 Å². The van der Waals surface area contributed by atoms with Crippen LogP contribution in [0.4, 0.5) is 0 Å². The van der Waals surface area contributed by atoms with Crippen molar-refractivity contribution in [2.75, 3.05) is 7.05 Å². The van der Waals surface area contributed by atoms with Crippen LogP contribution in [0.25, 0.3) is 0 Å². The third-order valence-corrected chi connectivity index (χ3v) is 4.00. The third kappa shape index (κ3) is 2.71. The fraction of sp³-hybridized carbons (Fsp3) is 0.917. The Balaban J connectivity index is 2.53. The van der Waals surface area contributed by atoms with E-state index in [-0.39, 0.29) is 17.0 Å². The highest BCUT2D eigenvalue weighted by molar-refractivity contribution is 5.78. The van der Waals surface area contributed by atoms with Gasteiger partial charge in [0.2, 0.25) is 5.91 Å². The van der Waals surface area contributed by atoms with Crippen LogP contribution < -0.4 is 5.73 Å². The van der Waals surface area contributed by atoms with E-state index < -0.39 is 0 Å². The first-order valence-corrected chi connectivity index (χ1v) is 5.86. The molecule has 0 unspecified atom stereocenters. The monoisotopic (exact) mass is 212 g/mol. The summed E-state index contributed by atoms with van der Waals surface area (Å²) in [5.74, 6) is 0.184. The van der Waals surface area contributed by atoms with Gasteiger partial charge in [-0.25, -0.2) is 0 Å². The van der Waals surface area contributed by atoms with E-state index in [1.807, 2.05) is 11.9 Å². The summed E-state index contributed by atoms with van der Waals surface area (Å²) in [5, 5.41) is 0. The van der Waals surface area contributed by atoms with Gasteiger partial charge in [-0.2, -0.15) is 0 Å². The van der Waals surface area contributed by atoms with Crippen LogP contribution in [0, 0.1) is 0 Å². The lowest BCUT2D eigenvalue weighted by Gasteiger charge is -2.41. The van der Waals surface area contributed by atoms with Crippen LogP contribution in [0.15, 0.2) is 0 Å². The van der Waals surface area contributed by atoms with Gasteiger partial charge in [0.05, 0.1) is 0 Å². The second kappa shape index (κ2) is 4.12. The third-order valence-electron chi connectivity index (χ3n) is 4.00. The van der Waals surface area contributed by atoms with Crippen molar-refractivity contribution < 1.29 is 4.79 Å². The van der Waals surface area contributed by atoms with Crippen LogP contribution in [0.1, 0.15) is 52.9 Å². The van der Waals surface area contributed by atoms with Gasteiger partial charge in [0.15, 0.2) is 0 Å². The van der Waals surface area contributed by atoms with Crippen LogP contribution in [0.2, 0.25) is 0 Å². The summed E-state index contributed by atoms with van der Waals surface area (Å²) in [7, 11) is 1.88. The lowest BCUT2D eigenvalue weighted by atomic mass is 9.75. The van der Waals surface area contributed by atoms with Crippen molar-refractivity contribution in [2.45, 2.75) is 64.0 Å². The minimum atomic E-state index is -0.199. The molecular weight excluding hydrogens is 188 g/mol. The van der Waals surface area contributed by atoms with E-state index in [1.165, 1.54) is 6.42 Å². The van der Waals surface area contributed by atoms with Crippen LogP contribution in [0.5, 0.6) is 0 Å². The molecule has 0 radical (unpaired) electrons. The maximum absolute atomic E-state index is 12.0. The number of nitrogens with two attached hydrogens (primary N) is 1. The Morgan fingerprint density at radius 2 is 2.00 bits per heavy atom. The molecule has 15 heavy (non-hydrogen) atoms. The molecule has 0 aliphatic heterocycles. The Hall–Kier alpha value is -0.570. The molecule has 88 valence electrons. The zero-order chi connectivity index (χ0) is 11.7. The van der Waals surface area contributed by atoms with Gasteiger partial charge in [-0.3, -0.25) is 4.79 Å². The molecule has 1 amide bonds. The summed E-state index contributed by atoms with van der Waals surface area (Å²) in [6.07, 6.45) is 4.64. The van der Waals surface area contributed by atoms with Crippen molar-refractivity contribution in [1.29, 1.82) is 0 Å². The number of nitrogens with zero attached hydrogens (tertiary/aromatic N) is 1. The summed E-state index contributed by atoms with van der Waals surface area (Å²) in [6, 6.07) is 0. The smallest absolute Gasteiger partial charge is 0.224 e. The molecule has 0 spiro atoms. The first-order valence-electron chi connectivity index (χ1n) is 5.86. The minimum Gasteiger partial charge on any atom is -0.341 e. The Morgan fingerprint density at radius 3 is 2.33 bits per heavy atom. The molecule has 0 aromatic heterocycles. The van der Waals surface area contributed by atoms with Crippen molar-refractivity contribution in [1.82, 2.24) is 4.90 Å². The molecule has 0 aromatic carbocycles. The van der Waals surface area contributed by atoms with Crippen LogP contribution >= 0.6 is 0 Å². The van der Waals surface area contributed by atoms with E-state index >= 15 is 0 Å². The Morgan fingerprint density at radius 1 is 1.47 bits per heavy atom. The van der Waals surface area contributed by atoms with Gasteiger partial charge >= 0.3 is 0 Å². The molecule has 0 heterocycles. The van der Waals surface area contributed by atoms with Gasteiger partial charge in [-0.05, 0) is 39.5 Å². The Kier molecular flexibility index (Phi) is 3.44. The largest absolute Gasteiger partial charge is 0.341 e. The molecule has 1 aliphatic carbocycles. The van der Waals surface area contributed by atoms with Crippen molar-refractivity contribution in [3.05, 3.63) is 0 Å². The Bertz CT molecular complexity index is 244. The van der Waals surface area contributed by atoms with Crippen LogP contribution in [0.3, 0.4) is 0 Å². The van der Waals surface area contributed by atoms with Gasteiger partial charge < -0.3 is 10.6 Å². The van der Waals surface area contributed by atoms with E-state index in [2.05, 4.69) is 20.8 Å². The number of carbonyl (C=O) groups excluding carboxylic acids is 1. The van der Waals surface area contributed by atoms with Gasteiger partial charge in [-0.15, -0.1) is 0 Å². The highest BCUT2D eigenvalue weighted by Crippen LogP contribution is 2.33. The van der Waals surface area contributed by atoms with Gasteiger partial charge in [0.25, 0.3) is 0 Å². The average molecular weight is 212 g/mol. The van der Waals surface area contributed by atoms with Gasteiger partial charge in [0.1, 0.15) is 0 Å². The number of hydrogen-bond donors (Lipinski definition) is 1. The predicted molar refractivity (Wildman–Crippen MR) is 62.5 cm³/mol. The first kappa shape index (κ1) is 12.5. The second-order valence-corrected chi connectivity index (χ2v) is 5.51. The molecule has 1 rings (SSSR count). The van der Waals surface area contributed by atoms with E-state index in [0.717, 1.165) is 19.3 Å². The standard InChI is InChI=1S/C12H24N2O/c1-5-11(2,3)14(4)10(15)9-12(13)7-6-8-12/h5-9,13H2,1-4H3. The Labute approximate surface area is 93.0 Å². The molecule has 1 saturated carbocycles. The van der Waals surface area contributed by atoms with Crippen LogP contribution in [-0.2, 0) is 4.79 Å². The quantitative estimate of drug-likeness (QED) is 0.773. The molecule has 3 nitrogen and oxygen atoms in total. The molecule has 1 fully saturated rings. The number of rotatable bonds is 4. The van der Waals surface area contributed by atoms with Crippen molar-refractivity contribution in [2.24, 2.45) is 5.73 Å². The topological polar surface area (TPSA) is 46.3 Å². The molecule has 3 heteroatoms. The molecular formula is C12H24N2O. The van der Waals surface area contributed by atoms with E-state index in [0.29, 0.717) is 6.42 Å². The normalized spacial score (nSPS) is 19.5. The average Bonchev–Trinajstić information content (AvgIpc) is 2.14. The summed E-state index contributed by atoms with van der Waals surface area (Å²) in [4.78, 5) is 13.9. The van der Waals surface area contributed by atoms with Crippen LogP contribution in [-0.4, -0.2) is 28.9 Å².